The molecule has 0 radical (unpaired) electrons. The first kappa shape index (κ1) is 19.9. The van der Waals surface area contributed by atoms with Crippen molar-refractivity contribution in [3.63, 3.8) is 0 Å². The third-order valence-electron chi connectivity index (χ3n) is 6.54. The topological polar surface area (TPSA) is 42.0 Å². The van der Waals surface area contributed by atoms with Gasteiger partial charge in [-0.05, 0) is 37.2 Å². The summed E-state index contributed by atoms with van der Waals surface area (Å²) >= 11 is 0. The van der Waals surface area contributed by atoms with Crippen LogP contribution in [0.25, 0.3) is 0 Å². The zero-order valence-corrected chi connectivity index (χ0v) is 16.9. The number of ether oxygens (including phenoxy) is 2. The number of carbonyl (C=O) groups excluding carboxylic acids is 1. The lowest BCUT2D eigenvalue weighted by Gasteiger charge is -2.30. The number of rotatable bonds is 6. The molecule has 5 heteroatoms. The molecule has 1 saturated carbocycles. The molecule has 4 rings (SSSR count). The summed E-state index contributed by atoms with van der Waals surface area (Å²) in [6.45, 7) is 5.26. The fraction of sp³-hybridized carbons (Fsp3) is 0.696. The molecule has 2 heterocycles. The molecule has 1 aromatic rings. The molecule has 1 amide bonds. The minimum Gasteiger partial charge on any atom is -0.381 e. The summed E-state index contributed by atoms with van der Waals surface area (Å²) < 4.78 is 11.8. The average molecular weight is 387 g/mol. The first-order valence-electron chi connectivity index (χ1n) is 11.0. The Morgan fingerprint density at radius 1 is 1.00 bits per heavy atom. The van der Waals surface area contributed by atoms with E-state index in [-0.39, 0.29) is 12.0 Å². The van der Waals surface area contributed by atoms with Crippen LogP contribution in [-0.4, -0.2) is 67.2 Å². The minimum atomic E-state index is 0.0760. The van der Waals surface area contributed by atoms with Gasteiger partial charge in [0.2, 0.25) is 5.91 Å². The van der Waals surface area contributed by atoms with E-state index in [2.05, 4.69) is 34.1 Å². The molecular weight excluding hydrogens is 352 g/mol. The van der Waals surface area contributed by atoms with Gasteiger partial charge in [0.25, 0.3) is 0 Å². The van der Waals surface area contributed by atoms with Gasteiger partial charge in [-0.1, -0.05) is 43.2 Å². The second-order valence-electron chi connectivity index (χ2n) is 8.64. The number of benzene rings is 1. The molecule has 28 heavy (non-hydrogen) atoms. The Balaban J connectivity index is 1.42. The molecule has 2 aliphatic heterocycles. The lowest BCUT2D eigenvalue weighted by atomic mass is 9.99. The van der Waals surface area contributed by atoms with Crippen LogP contribution in [0.15, 0.2) is 30.3 Å². The van der Waals surface area contributed by atoms with Gasteiger partial charge in [-0.2, -0.15) is 0 Å². The normalized spacial score (nSPS) is 25.9. The van der Waals surface area contributed by atoms with Crippen molar-refractivity contribution in [3.05, 3.63) is 35.9 Å². The highest BCUT2D eigenvalue weighted by atomic mass is 16.5. The smallest absolute Gasteiger partial charge is 0.236 e. The molecule has 0 N–H and O–H groups in total. The molecule has 3 aliphatic rings. The zero-order valence-electron chi connectivity index (χ0n) is 16.9. The number of hydrogen-bond acceptors (Lipinski definition) is 4. The summed E-state index contributed by atoms with van der Waals surface area (Å²) in [6.07, 6.45) is 7.22. The first-order valence-corrected chi connectivity index (χ1v) is 11.0. The monoisotopic (exact) mass is 386 g/mol. The van der Waals surface area contributed by atoms with E-state index in [0.717, 1.165) is 39.1 Å². The van der Waals surface area contributed by atoms with Crippen molar-refractivity contribution in [2.75, 3.05) is 39.4 Å². The first-order chi connectivity index (χ1) is 13.8. The van der Waals surface area contributed by atoms with Crippen LogP contribution >= 0.6 is 0 Å². The quantitative estimate of drug-likeness (QED) is 0.754. The van der Waals surface area contributed by atoms with E-state index >= 15 is 0 Å². The summed E-state index contributed by atoms with van der Waals surface area (Å²) in [4.78, 5) is 17.6. The second kappa shape index (κ2) is 9.86. The van der Waals surface area contributed by atoms with E-state index in [1.165, 1.54) is 31.2 Å². The van der Waals surface area contributed by atoms with Gasteiger partial charge in [0, 0.05) is 38.9 Å². The van der Waals surface area contributed by atoms with Crippen molar-refractivity contribution in [1.29, 1.82) is 0 Å². The Kier molecular flexibility index (Phi) is 7.00. The van der Waals surface area contributed by atoms with Crippen molar-refractivity contribution < 1.29 is 14.3 Å². The lowest BCUT2D eigenvalue weighted by molar-refractivity contribution is -0.133. The van der Waals surface area contributed by atoms with Gasteiger partial charge in [-0.15, -0.1) is 0 Å². The van der Waals surface area contributed by atoms with Gasteiger partial charge < -0.3 is 14.4 Å². The van der Waals surface area contributed by atoms with Crippen LogP contribution in [-0.2, 0) is 20.9 Å². The van der Waals surface area contributed by atoms with Crippen molar-refractivity contribution in [2.24, 2.45) is 5.92 Å². The second-order valence-corrected chi connectivity index (χ2v) is 8.64. The van der Waals surface area contributed by atoms with Crippen molar-refractivity contribution in [3.8, 4) is 0 Å². The van der Waals surface area contributed by atoms with Crippen LogP contribution in [0.3, 0.4) is 0 Å². The summed E-state index contributed by atoms with van der Waals surface area (Å²) in [5.74, 6) is 0.842. The van der Waals surface area contributed by atoms with Crippen molar-refractivity contribution >= 4 is 5.91 Å². The summed E-state index contributed by atoms with van der Waals surface area (Å²) in [5, 5.41) is 0. The standard InChI is InChI=1S/C23H34N2O3/c26-23-17-24(21-8-4-5-9-21)15-22(28-18-20-6-2-1-3-7-20)16-25(23)14-19-10-12-27-13-11-19/h1-3,6-7,19,21-22H,4-5,8-18H2. The van der Waals surface area contributed by atoms with Gasteiger partial charge in [0.05, 0.1) is 19.3 Å². The van der Waals surface area contributed by atoms with Crippen molar-refractivity contribution in [2.45, 2.75) is 57.3 Å². The molecule has 5 nitrogen and oxygen atoms in total. The molecule has 3 fully saturated rings. The van der Waals surface area contributed by atoms with Gasteiger partial charge in [0.1, 0.15) is 0 Å². The zero-order chi connectivity index (χ0) is 19.2. The molecule has 0 spiro atoms. The van der Waals surface area contributed by atoms with E-state index in [0.29, 0.717) is 31.7 Å². The summed E-state index contributed by atoms with van der Waals surface area (Å²) in [5.41, 5.74) is 1.20. The van der Waals surface area contributed by atoms with Crippen LogP contribution in [0.4, 0.5) is 0 Å². The van der Waals surface area contributed by atoms with E-state index in [4.69, 9.17) is 9.47 Å². The molecule has 1 unspecified atom stereocenters. The number of amides is 1. The molecule has 154 valence electrons. The van der Waals surface area contributed by atoms with E-state index < -0.39 is 0 Å². The van der Waals surface area contributed by atoms with E-state index in [9.17, 15) is 4.79 Å². The molecule has 1 aromatic carbocycles. The highest BCUT2D eigenvalue weighted by Gasteiger charge is 2.34. The SMILES string of the molecule is O=C1CN(C2CCCC2)CC(OCc2ccccc2)CN1CC1CCOCC1. The molecule has 1 aliphatic carbocycles. The maximum atomic E-state index is 13.1. The van der Waals surface area contributed by atoms with Gasteiger partial charge in [-0.3, -0.25) is 9.69 Å². The minimum absolute atomic E-state index is 0.0760. The summed E-state index contributed by atoms with van der Waals surface area (Å²) in [6, 6.07) is 10.9. The molecule has 0 bridgehead atoms. The average Bonchev–Trinajstić information content (AvgIpc) is 3.22. The third-order valence-corrected chi connectivity index (χ3v) is 6.54. The highest BCUT2D eigenvalue weighted by molar-refractivity contribution is 5.78. The van der Waals surface area contributed by atoms with Gasteiger partial charge >= 0.3 is 0 Å². The maximum Gasteiger partial charge on any atom is 0.236 e. The van der Waals surface area contributed by atoms with Crippen LogP contribution in [0.5, 0.6) is 0 Å². The Morgan fingerprint density at radius 3 is 2.50 bits per heavy atom. The Labute approximate surface area is 169 Å². The van der Waals surface area contributed by atoms with Crippen molar-refractivity contribution in [1.82, 2.24) is 9.80 Å². The van der Waals surface area contributed by atoms with E-state index in [1.54, 1.807) is 0 Å². The molecular formula is C23H34N2O3. The molecule has 1 atom stereocenters. The molecule has 0 aromatic heterocycles. The highest BCUT2D eigenvalue weighted by Crippen LogP contribution is 2.26. The largest absolute Gasteiger partial charge is 0.381 e. The fourth-order valence-corrected chi connectivity index (χ4v) is 4.86. The summed E-state index contributed by atoms with van der Waals surface area (Å²) in [7, 11) is 0. The van der Waals surface area contributed by atoms with Crippen LogP contribution in [0.2, 0.25) is 0 Å². The van der Waals surface area contributed by atoms with Crippen LogP contribution < -0.4 is 0 Å². The predicted molar refractivity (Wildman–Crippen MR) is 109 cm³/mol. The number of hydrogen-bond donors (Lipinski definition) is 0. The van der Waals surface area contributed by atoms with Gasteiger partial charge in [0.15, 0.2) is 0 Å². The maximum absolute atomic E-state index is 13.1. The lowest BCUT2D eigenvalue weighted by Crippen LogP contribution is -2.42. The number of carbonyl (C=O) groups is 1. The van der Waals surface area contributed by atoms with Crippen LogP contribution in [0.1, 0.15) is 44.1 Å². The molecule has 2 saturated heterocycles. The van der Waals surface area contributed by atoms with Crippen LogP contribution in [0, 0.1) is 5.92 Å². The Hall–Kier alpha value is -1.43. The van der Waals surface area contributed by atoms with E-state index in [1.807, 2.05) is 6.07 Å². The number of nitrogens with zero attached hydrogens (tertiary/aromatic N) is 2. The Morgan fingerprint density at radius 2 is 1.75 bits per heavy atom. The Bertz CT molecular complexity index is 612. The van der Waals surface area contributed by atoms with Gasteiger partial charge in [-0.25, -0.2) is 0 Å². The fourth-order valence-electron chi connectivity index (χ4n) is 4.86. The predicted octanol–water partition coefficient (Wildman–Crippen LogP) is 3.09. The third kappa shape index (κ3) is 5.34.